The zero-order valence-electron chi connectivity index (χ0n) is 6.66. The van der Waals surface area contributed by atoms with E-state index in [2.05, 4.69) is 16.8 Å². The van der Waals surface area contributed by atoms with Gasteiger partial charge in [-0.25, -0.2) is 4.98 Å². The molecular formula is C9H8N2O. The van der Waals surface area contributed by atoms with Crippen LogP contribution in [0.2, 0.25) is 0 Å². The van der Waals surface area contributed by atoms with Gasteiger partial charge < -0.3 is 5.73 Å². The lowest BCUT2D eigenvalue weighted by molar-refractivity contribution is -0.112. The van der Waals surface area contributed by atoms with E-state index < -0.39 is 5.91 Å². The van der Waals surface area contributed by atoms with Crippen molar-refractivity contribution in [3.05, 3.63) is 29.6 Å². The molecule has 0 unspecified atom stereocenters. The molecule has 0 atom stereocenters. The van der Waals surface area contributed by atoms with Gasteiger partial charge in [-0.15, -0.1) is 0 Å². The van der Waals surface area contributed by atoms with Crippen molar-refractivity contribution < 1.29 is 4.79 Å². The van der Waals surface area contributed by atoms with Crippen molar-refractivity contribution >= 4 is 5.91 Å². The molecule has 1 amide bonds. The Morgan fingerprint density at radius 1 is 1.58 bits per heavy atom. The van der Waals surface area contributed by atoms with Gasteiger partial charge in [-0.3, -0.25) is 4.79 Å². The van der Waals surface area contributed by atoms with E-state index in [9.17, 15) is 4.79 Å². The van der Waals surface area contributed by atoms with E-state index in [0.717, 1.165) is 5.69 Å². The summed E-state index contributed by atoms with van der Waals surface area (Å²) in [5.41, 5.74) is 6.27. The van der Waals surface area contributed by atoms with E-state index in [0.29, 0.717) is 5.69 Å². The number of aromatic nitrogens is 1. The fraction of sp³-hybridized carbons (Fsp3) is 0.111. The maximum absolute atomic E-state index is 10.3. The Labute approximate surface area is 70.6 Å². The highest BCUT2D eigenvalue weighted by Gasteiger charge is 1.88. The summed E-state index contributed by atoms with van der Waals surface area (Å²) in [5, 5.41) is 0. The normalized spacial score (nSPS) is 8.42. The summed E-state index contributed by atoms with van der Waals surface area (Å²) in [6, 6.07) is 5.41. The number of primary amides is 1. The second-order valence-electron chi connectivity index (χ2n) is 2.28. The van der Waals surface area contributed by atoms with E-state index >= 15 is 0 Å². The summed E-state index contributed by atoms with van der Waals surface area (Å²) in [5.74, 6) is 4.12. The Morgan fingerprint density at radius 3 is 2.92 bits per heavy atom. The van der Waals surface area contributed by atoms with Gasteiger partial charge in [-0.1, -0.05) is 6.07 Å². The minimum absolute atomic E-state index is 0.564. The zero-order valence-corrected chi connectivity index (χ0v) is 6.66. The first-order valence-corrected chi connectivity index (χ1v) is 3.43. The van der Waals surface area contributed by atoms with Crippen LogP contribution in [0.3, 0.4) is 0 Å². The standard InChI is InChI=1S/C9H8N2O/c1-7-3-2-4-8(11-7)5-6-9(10)12/h2-4H,1H3,(H2,10,12). The van der Waals surface area contributed by atoms with Gasteiger partial charge >= 0.3 is 0 Å². The maximum atomic E-state index is 10.3. The van der Waals surface area contributed by atoms with Gasteiger partial charge in [-0.05, 0) is 25.0 Å². The third kappa shape index (κ3) is 2.43. The predicted octanol–water partition coefficient (Wildman–Crippen LogP) is 0.227. The van der Waals surface area contributed by atoms with Crippen molar-refractivity contribution in [1.29, 1.82) is 0 Å². The molecule has 0 saturated heterocycles. The van der Waals surface area contributed by atoms with Gasteiger partial charge in [0.2, 0.25) is 0 Å². The Balaban J connectivity index is 2.92. The first kappa shape index (κ1) is 8.28. The number of carbonyl (C=O) groups excluding carboxylic acids is 1. The number of nitrogens with two attached hydrogens (primary N) is 1. The molecule has 0 spiro atoms. The Hall–Kier alpha value is -1.82. The van der Waals surface area contributed by atoms with Crippen LogP contribution >= 0.6 is 0 Å². The van der Waals surface area contributed by atoms with Crippen molar-refractivity contribution in [3.63, 3.8) is 0 Å². The van der Waals surface area contributed by atoms with Crippen LogP contribution < -0.4 is 5.73 Å². The first-order chi connectivity index (χ1) is 5.68. The van der Waals surface area contributed by atoms with E-state index in [1.165, 1.54) is 0 Å². The minimum Gasteiger partial charge on any atom is -0.359 e. The summed E-state index contributed by atoms with van der Waals surface area (Å²) in [7, 11) is 0. The highest BCUT2D eigenvalue weighted by molar-refractivity contribution is 5.92. The quantitative estimate of drug-likeness (QED) is 0.552. The van der Waals surface area contributed by atoms with Crippen molar-refractivity contribution in [1.82, 2.24) is 4.98 Å². The van der Waals surface area contributed by atoms with Crippen molar-refractivity contribution in [2.75, 3.05) is 0 Å². The molecular weight excluding hydrogens is 152 g/mol. The van der Waals surface area contributed by atoms with E-state index in [4.69, 9.17) is 5.73 Å². The molecule has 1 rings (SSSR count). The number of rotatable bonds is 0. The summed E-state index contributed by atoms with van der Waals surface area (Å²) in [4.78, 5) is 14.3. The number of pyridine rings is 1. The molecule has 0 aliphatic rings. The fourth-order valence-electron chi connectivity index (χ4n) is 0.738. The number of carbonyl (C=O) groups is 1. The molecule has 0 aliphatic heterocycles. The monoisotopic (exact) mass is 160 g/mol. The molecule has 12 heavy (non-hydrogen) atoms. The lowest BCUT2D eigenvalue weighted by atomic mass is 10.3. The largest absolute Gasteiger partial charge is 0.359 e. The highest BCUT2D eigenvalue weighted by Crippen LogP contribution is 1.94. The Morgan fingerprint density at radius 2 is 2.33 bits per heavy atom. The molecule has 0 fully saturated rings. The topological polar surface area (TPSA) is 56.0 Å². The van der Waals surface area contributed by atoms with Gasteiger partial charge in [0.15, 0.2) is 0 Å². The summed E-state index contributed by atoms with van der Waals surface area (Å²) < 4.78 is 0. The van der Waals surface area contributed by atoms with E-state index in [1.807, 2.05) is 19.1 Å². The summed E-state index contributed by atoms with van der Waals surface area (Å²) in [6.45, 7) is 1.86. The molecule has 0 aromatic carbocycles. The van der Waals surface area contributed by atoms with Crippen LogP contribution in [0.4, 0.5) is 0 Å². The minimum atomic E-state index is -0.640. The van der Waals surface area contributed by atoms with Crippen LogP contribution in [0.5, 0.6) is 0 Å². The van der Waals surface area contributed by atoms with Crippen LogP contribution in [0.1, 0.15) is 11.4 Å². The molecule has 1 aromatic heterocycles. The molecule has 1 aromatic rings. The van der Waals surface area contributed by atoms with E-state index in [1.54, 1.807) is 6.07 Å². The van der Waals surface area contributed by atoms with Gasteiger partial charge in [-0.2, -0.15) is 0 Å². The SMILES string of the molecule is Cc1cccc(C#CC(N)=O)n1. The van der Waals surface area contributed by atoms with Crippen LogP contribution in [-0.2, 0) is 4.79 Å². The number of hydrogen-bond acceptors (Lipinski definition) is 2. The number of aryl methyl sites for hydroxylation is 1. The predicted molar refractivity (Wildman–Crippen MR) is 45.0 cm³/mol. The van der Waals surface area contributed by atoms with Gasteiger partial charge in [0.05, 0.1) is 0 Å². The second kappa shape index (κ2) is 3.54. The molecule has 2 N–H and O–H groups in total. The van der Waals surface area contributed by atoms with Gasteiger partial charge in [0.25, 0.3) is 5.91 Å². The third-order valence-electron chi connectivity index (χ3n) is 1.20. The van der Waals surface area contributed by atoms with Crippen LogP contribution in [0, 0.1) is 18.8 Å². The Kier molecular flexibility index (Phi) is 2.44. The molecule has 0 radical (unpaired) electrons. The summed E-state index contributed by atoms with van der Waals surface area (Å²) in [6.07, 6.45) is 0. The summed E-state index contributed by atoms with van der Waals surface area (Å²) >= 11 is 0. The molecule has 0 bridgehead atoms. The highest BCUT2D eigenvalue weighted by atomic mass is 16.1. The lowest BCUT2D eigenvalue weighted by Crippen LogP contribution is -2.06. The third-order valence-corrected chi connectivity index (χ3v) is 1.20. The van der Waals surface area contributed by atoms with Crippen molar-refractivity contribution in [2.45, 2.75) is 6.92 Å². The first-order valence-electron chi connectivity index (χ1n) is 3.43. The molecule has 3 heteroatoms. The number of hydrogen-bond donors (Lipinski definition) is 1. The van der Waals surface area contributed by atoms with Crippen LogP contribution in [0.25, 0.3) is 0 Å². The van der Waals surface area contributed by atoms with Crippen molar-refractivity contribution in [2.24, 2.45) is 5.73 Å². The zero-order chi connectivity index (χ0) is 8.97. The lowest BCUT2D eigenvalue weighted by Gasteiger charge is -1.90. The van der Waals surface area contributed by atoms with Gasteiger partial charge in [0.1, 0.15) is 5.69 Å². The number of nitrogens with zero attached hydrogens (tertiary/aromatic N) is 1. The average Bonchev–Trinajstić information content (AvgIpc) is 2.01. The average molecular weight is 160 g/mol. The molecule has 3 nitrogen and oxygen atoms in total. The molecule has 1 heterocycles. The van der Waals surface area contributed by atoms with Crippen molar-refractivity contribution in [3.8, 4) is 11.8 Å². The molecule has 0 aliphatic carbocycles. The van der Waals surface area contributed by atoms with E-state index in [-0.39, 0.29) is 0 Å². The number of amides is 1. The van der Waals surface area contributed by atoms with Gasteiger partial charge in [0, 0.05) is 11.6 Å². The van der Waals surface area contributed by atoms with Crippen LogP contribution in [-0.4, -0.2) is 10.9 Å². The maximum Gasteiger partial charge on any atom is 0.293 e. The fourth-order valence-corrected chi connectivity index (χ4v) is 0.738. The smallest absolute Gasteiger partial charge is 0.293 e. The van der Waals surface area contributed by atoms with Crippen LogP contribution in [0.15, 0.2) is 18.2 Å². The second-order valence-corrected chi connectivity index (χ2v) is 2.28. The Bertz CT molecular complexity index is 360. The molecule has 0 saturated carbocycles. The molecule has 60 valence electrons.